The van der Waals surface area contributed by atoms with Gasteiger partial charge >= 0.3 is 7.32 Å². The summed E-state index contributed by atoms with van der Waals surface area (Å²) < 4.78 is 20.7. The van der Waals surface area contributed by atoms with Crippen LogP contribution in [0.4, 0.5) is 5.69 Å². The molecule has 0 aliphatic carbocycles. The molecule has 6 rings (SSSR count). The molecular weight excluding hydrogens is 591 g/mol. The molecule has 1 heterocycles. The van der Waals surface area contributed by atoms with Crippen LogP contribution < -0.4 is 23.4 Å². The van der Waals surface area contributed by atoms with E-state index in [9.17, 15) is 0 Å². The third-order valence-electron chi connectivity index (χ3n) is 7.61. The van der Waals surface area contributed by atoms with Gasteiger partial charge in [0.2, 0.25) is 5.69 Å². The highest BCUT2D eigenvalue weighted by Crippen LogP contribution is 2.30. The molecule has 0 radical (unpaired) electrons. The Balaban J connectivity index is 0.000000677. The van der Waals surface area contributed by atoms with Gasteiger partial charge < -0.3 is 18.9 Å². The molecule has 0 saturated carbocycles. The Morgan fingerprint density at radius 2 is 1.19 bits per heavy atom. The molecule has 0 aliphatic rings. The minimum absolute atomic E-state index is 0.651. The van der Waals surface area contributed by atoms with Crippen molar-refractivity contribution >= 4 is 25.2 Å². The van der Waals surface area contributed by atoms with E-state index in [1.54, 1.807) is 0 Å². The van der Waals surface area contributed by atoms with Crippen LogP contribution in [0.15, 0.2) is 158 Å². The lowest BCUT2D eigenvalue weighted by atomic mass is 10.1. The lowest BCUT2D eigenvalue weighted by Gasteiger charge is -2.20. The molecule has 5 nitrogen and oxygen atoms in total. The largest absolute Gasteiger partial charge is 0.864 e. The number of hydrogen-bond acceptors (Lipinski definition) is 4. The third kappa shape index (κ3) is 9.88. The van der Waals surface area contributed by atoms with Gasteiger partial charge in [-0.25, -0.2) is 4.57 Å². The Hall–Kier alpha value is -5.75. The van der Waals surface area contributed by atoms with Gasteiger partial charge in [0.05, 0.1) is 5.56 Å². The van der Waals surface area contributed by atoms with Crippen molar-refractivity contribution in [3.05, 3.63) is 175 Å². The highest BCUT2D eigenvalue weighted by Gasteiger charge is 2.32. The van der Waals surface area contributed by atoms with Crippen LogP contribution in [0.3, 0.4) is 0 Å². The first-order chi connectivity index (χ1) is 23.6. The Morgan fingerprint density at radius 1 is 0.625 bits per heavy atom. The van der Waals surface area contributed by atoms with Crippen molar-refractivity contribution in [3.8, 4) is 28.5 Å². The summed E-state index contributed by atoms with van der Waals surface area (Å²) in [5.41, 5.74) is 5.42. The van der Waals surface area contributed by atoms with Crippen LogP contribution in [0.2, 0.25) is 0 Å². The number of hydrogen-bond donors (Lipinski definition) is 0. The second kappa shape index (κ2) is 17.8. The minimum atomic E-state index is -0.997. The van der Waals surface area contributed by atoms with Gasteiger partial charge in [0, 0.05) is 30.9 Å². The van der Waals surface area contributed by atoms with E-state index >= 15 is 0 Å². The monoisotopic (exact) mass is 632 g/mol. The van der Waals surface area contributed by atoms with Crippen molar-refractivity contribution in [1.29, 1.82) is 0 Å². The van der Waals surface area contributed by atoms with Gasteiger partial charge in [-0.2, -0.15) is 36.4 Å². The number of pyridine rings is 1. The first-order valence-electron chi connectivity index (χ1n) is 16.3. The summed E-state index contributed by atoms with van der Waals surface area (Å²) >= 11 is 0. The maximum atomic E-state index is 6.40. The highest BCUT2D eigenvalue weighted by molar-refractivity contribution is 6.39. The summed E-state index contributed by atoms with van der Waals surface area (Å²) in [4.78, 5) is 2.34. The number of para-hydroxylation sites is 3. The van der Waals surface area contributed by atoms with Crippen LogP contribution in [0.5, 0.6) is 17.2 Å². The third-order valence-corrected chi connectivity index (χ3v) is 7.61. The molecule has 0 fully saturated rings. The van der Waals surface area contributed by atoms with Gasteiger partial charge in [-0.15, -0.1) is 0 Å². The van der Waals surface area contributed by atoms with Crippen molar-refractivity contribution in [2.24, 2.45) is 7.05 Å². The molecule has 6 heteroatoms. The van der Waals surface area contributed by atoms with Crippen LogP contribution in [-0.2, 0) is 7.05 Å². The molecule has 5 aromatic carbocycles. The van der Waals surface area contributed by atoms with E-state index in [2.05, 4.69) is 84.1 Å². The smallest absolute Gasteiger partial charge is 0.490 e. The lowest BCUT2D eigenvalue weighted by molar-refractivity contribution is -0.660. The summed E-state index contributed by atoms with van der Waals surface area (Å²) in [5.74, 6) is 1.95. The number of benzene rings is 5. The van der Waals surface area contributed by atoms with Crippen LogP contribution in [-0.4, -0.2) is 20.4 Å². The van der Waals surface area contributed by atoms with Gasteiger partial charge in [-0.1, -0.05) is 72.8 Å². The molecule has 240 valence electrons. The van der Waals surface area contributed by atoms with E-state index in [0.29, 0.717) is 17.2 Å². The SMILES string of the molecule is CCN(CC)c1ccc(/C=C/c2cc[n+](C)c(-c3ccccc3OB(Oc3ccccc3)Oc3ccccc3)c2)cc1.[c-]1ccccc1. The van der Waals surface area contributed by atoms with Crippen molar-refractivity contribution in [2.75, 3.05) is 18.0 Å². The number of aryl methyl sites for hydroxylation is 1. The van der Waals surface area contributed by atoms with Gasteiger partial charge in [-0.3, -0.25) is 0 Å². The summed E-state index contributed by atoms with van der Waals surface area (Å²) in [7, 11) is 1.04. The van der Waals surface area contributed by atoms with Crippen molar-refractivity contribution in [2.45, 2.75) is 13.8 Å². The maximum Gasteiger partial charge on any atom is 0.864 e. The van der Waals surface area contributed by atoms with Crippen LogP contribution >= 0.6 is 0 Å². The van der Waals surface area contributed by atoms with Gasteiger partial charge in [0.25, 0.3) is 0 Å². The average Bonchev–Trinajstić information content (AvgIpc) is 3.14. The first kappa shape index (κ1) is 33.6. The number of anilines is 1. The molecule has 0 N–H and O–H groups in total. The normalized spacial score (nSPS) is 10.5. The highest BCUT2D eigenvalue weighted by atomic mass is 16.7. The topological polar surface area (TPSA) is 34.8 Å². The minimum Gasteiger partial charge on any atom is -0.490 e. The molecule has 0 bridgehead atoms. The fraction of sp³-hybridized carbons (Fsp3) is 0.119. The van der Waals surface area contributed by atoms with Crippen molar-refractivity contribution in [3.63, 3.8) is 0 Å². The summed E-state index contributed by atoms with van der Waals surface area (Å²) in [6.07, 6.45) is 6.35. The Morgan fingerprint density at radius 3 is 1.75 bits per heavy atom. The predicted octanol–water partition coefficient (Wildman–Crippen LogP) is 9.20. The van der Waals surface area contributed by atoms with E-state index in [0.717, 1.165) is 35.5 Å². The fourth-order valence-corrected chi connectivity index (χ4v) is 5.05. The van der Waals surface area contributed by atoms with Gasteiger partial charge in [-0.05, 0) is 73.5 Å². The van der Waals surface area contributed by atoms with Gasteiger partial charge in [0.1, 0.15) is 24.3 Å². The molecule has 1 aromatic heterocycles. The quantitative estimate of drug-likeness (QED) is 0.0766. The molecule has 0 saturated heterocycles. The summed E-state index contributed by atoms with van der Waals surface area (Å²) in [6, 6.07) is 52.5. The molecule has 0 unspecified atom stereocenters. The average molecular weight is 633 g/mol. The molecular formula is C42H41BN2O3. The van der Waals surface area contributed by atoms with Crippen LogP contribution in [0, 0.1) is 6.07 Å². The first-order valence-corrected chi connectivity index (χ1v) is 16.3. The molecule has 0 amide bonds. The Bertz CT molecular complexity index is 1760. The standard InChI is InChI=1S/C36H36BN2O3.C6H5/c1-4-39(5-2)31-24-22-29(23-25-31)20-21-30-26-27-38(3)35(28-30)34-18-12-13-19-36(34)42-37(40-32-14-8-6-9-15-32)41-33-16-10-7-11-17-33;1-2-4-6-5-3-1/h6-28H,4-5H2,1-3H3;1-5H/q+1;-1. The van der Waals surface area contributed by atoms with E-state index in [1.807, 2.05) is 122 Å². The zero-order chi connectivity index (χ0) is 33.4. The second-order valence-corrected chi connectivity index (χ2v) is 10.9. The van der Waals surface area contributed by atoms with Crippen molar-refractivity contribution < 1.29 is 18.5 Å². The van der Waals surface area contributed by atoms with Crippen molar-refractivity contribution in [1.82, 2.24) is 0 Å². The van der Waals surface area contributed by atoms with E-state index in [1.165, 1.54) is 5.69 Å². The van der Waals surface area contributed by atoms with Crippen LogP contribution in [0.25, 0.3) is 23.4 Å². The zero-order valence-corrected chi connectivity index (χ0v) is 27.8. The zero-order valence-electron chi connectivity index (χ0n) is 27.8. The maximum absolute atomic E-state index is 6.40. The molecule has 0 spiro atoms. The number of rotatable bonds is 12. The Kier molecular flexibility index (Phi) is 12.5. The molecule has 48 heavy (non-hydrogen) atoms. The van der Waals surface area contributed by atoms with Crippen LogP contribution in [0.1, 0.15) is 25.0 Å². The predicted molar refractivity (Wildman–Crippen MR) is 198 cm³/mol. The molecule has 0 aliphatic heterocycles. The lowest BCUT2D eigenvalue weighted by Crippen LogP contribution is -2.37. The molecule has 6 aromatic rings. The fourth-order valence-electron chi connectivity index (χ4n) is 5.05. The van der Waals surface area contributed by atoms with E-state index in [-0.39, 0.29) is 0 Å². The second-order valence-electron chi connectivity index (χ2n) is 10.9. The van der Waals surface area contributed by atoms with E-state index in [4.69, 9.17) is 14.0 Å². The number of nitrogens with zero attached hydrogens (tertiary/aromatic N) is 2. The summed E-state index contributed by atoms with van der Waals surface area (Å²) in [6.45, 7) is 6.36. The van der Waals surface area contributed by atoms with Gasteiger partial charge in [0.15, 0.2) is 6.20 Å². The van der Waals surface area contributed by atoms with E-state index < -0.39 is 7.32 Å². The Labute approximate surface area is 285 Å². The summed E-state index contributed by atoms with van der Waals surface area (Å²) in [5, 5.41) is 0. The number of aromatic nitrogens is 1. The molecule has 0 atom stereocenters.